The van der Waals surface area contributed by atoms with Gasteiger partial charge in [-0.3, -0.25) is 14.5 Å². The molecule has 2 heterocycles. The number of nitrogens with zero attached hydrogens (tertiary/aromatic N) is 3. The Kier molecular flexibility index (Phi) is 5.14. The molecule has 1 aliphatic rings. The molecule has 7 nitrogen and oxygen atoms in total. The van der Waals surface area contributed by atoms with Crippen LogP contribution in [0.4, 0.5) is 5.82 Å². The second kappa shape index (κ2) is 7.48. The Morgan fingerprint density at radius 3 is 2.40 bits per heavy atom. The van der Waals surface area contributed by atoms with Gasteiger partial charge in [0.15, 0.2) is 5.82 Å². The number of benzene rings is 1. The van der Waals surface area contributed by atoms with E-state index in [1.54, 1.807) is 24.8 Å². The lowest BCUT2D eigenvalue weighted by molar-refractivity contribution is -0.131. The maximum atomic E-state index is 12.9. The number of hydrogen-bond donors (Lipinski definition) is 1. The van der Waals surface area contributed by atoms with Gasteiger partial charge in [0.25, 0.3) is 0 Å². The zero-order valence-electron chi connectivity index (χ0n) is 14.4. The maximum Gasteiger partial charge on any atom is 0.247 e. The van der Waals surface area contributed by atoms with Crippen LogP contribution in [-0.2, 0) is 9.59 Å². The number of nitrogens with one attached hydrogen (secondary N) is 1. The number of aryl methyl sites for hydroxylation is 1. The Hall–Kier alpha value is -2.67. The Balaban J connectivity index is 1.78. The summed E-state index contributed by atoms with van der Waals surface area (Å²) in [7, 11) is 0. The molecule has 0 aliphatic carbocycles. The van der Waals surface area contributed by atoms with Crippen LogP contribution in [0.2, 0.25) is 0 Å². The highest BCUT2D eigenvalue weighted by Gasteiger charge is 2.31. The van der Waals surface area contributed by atoms with Gasteiger partial charge in [-0.2, -0.15) is 0 Å². The molecule has 0 radical (unpaired) electrons. The summed E-state index contributed by atoms with van der Waals surface area (Å²) >= 11 is 0. The smallest absolute Gasteiger partial charge is 0.247 e. The molecule has 0 saturated carbocycles. The summed E-state index contributed by atoms with van der Waals surface area (Å²) in [5.74, 6) is 0.960. The third-order valence-electron chi connectivity index (χ3n) is 4.37. The highest BCUT2D eigenvalue weighted by molar-refractivity contribution is 5.94. The van der Waals surface area contributed by atoms with Crippen LogP contribution in [0, 0.1) is 6.92 Å². The fraction of sp³-hybridized carbons (Fsp3) is 0.389. The predicted octanol–water partition coefficient (Wildman–Crippen LogP) is 1.83. The minimum atomic E-state index is -0.438. The van der Waals surface area contributed by atoms with Crippen molar-refractivity contribution in [1.82, 2.24) is 15.0 Å². The van der Waals surface area contributed by atoms with Crippen LogP contribution in [0.15, 0.2) is 40.9 Å². The molecule has 1 aliphatic heterocycles. The number of piperazine rings is 1. The van der Waals surface area contributed by atoms with E-state index >= 15 is 0 Å². The summed E-state index contributed by atoms with van der Waals surface area (Å²) in [6.45, 7) is 5.88. The lowest BCUT2D eigenvalue weighted by Gasteiger charge is -2.38. The first kappa shape index (κ1) is 17.2. The Morgan fingerprint density at radius 2 is 1.84 bits per heavy atom. The molecule has 0 unspecified atom stereocenters. The molecule has 0 bridgehead atoms. The number of rotatable bonds is 4. The SMILES string of the molecule is CC(=O)N1CCN([C@@H](C(=O)Nc2cc(C)on2)c2ccccc2)CC1. The first-order valence-electron chi connectivity index (χ1n) is 8.33. The lowest BCUT2D eigenvalue weighted by Crippen LogP contribution is -2.51. The first-order valence-corrected chi connectivity index (χ1v) is 8.33. The van der Waals surface area contributed by atoms with Gasteiger partial charge in [0.2, 0.25) is 11.8 Å². The average Bonchev–Trinajstić information content (AvgIpc) is 3.01. The van der Waals surface area contributed by atoms with Gasteiger partial charge in [-0.15, -0.1) is 0 Å². The van der Waals surface area contributed by atoms with E-state index in [2.05, 4.69) is 15.4 Å². The van der Waals surface area contributed by atoms with Crippen molar-refractivity contribution in [3.8, 4) is 0 Å². The number of amides is 2. The van der Waals surface area contributed by atoms with Crippen molar-refractivity contribution in [2.24, 2.45) is 0 Å². The fourth-order valence-corrected chi connectivity index (χ4v) is 3.08. The summed E-state index contributed by atoms with van der Waals surface area (Å²) in [6, 6.07) is 10.9. The fourth-order valence-electron chi connectivity index (χ4n) is 3.08. The van der Waals surface area contributed by atoms with E-state index in [0.717, 1.165) is 5.56 Å². The minimum absolute atomic E-state index is 0.0680. The molecule has 1 aromatic carbocycles. The Bertz CT molecular complexity index is 736. The van der Waals surface area contributed by atoms with Gasteiger partial charge in [-0.25, -0.2) is 0 Å². The van der Waals surface area contributed by atoms with Crippen LogP contribution in [0.3, 0.4) is 0 Å². The van der Waals surface area contributed by atoms with Gasteiger partial charge < -0.3 is 14.7 Å². The van der Waals surface area contributed by atoms with E-state index in [-0.39, 0.29) is 11.8 Å². The van der Waals surface area contributed by atoms with E-state index in [1.165, 1.54) is 0 Å². The zero-order valence-corrected chi connectivity index (χ0v) is 14.4. The van der Waals surface area contributed by atoms with Crippen molar-refractivity contribution in [3.63, 3.8) is 0 Å². The van der Waals surface area contributed by atoms with Crippen molar-refractivity contribution in [1.29, 1.82) is 0 Å². The summed E-state index contributed by atoms with van der Waals surface area (Å²) in [5, 5.41) is 6.66. The van der Waals surface area contributed by atoms with E-state index in [4.69, 9.17) is 4.52 Å². The molecule has 2 aromatic rings. The highest BCUT2D eigenvalue weighted by Crippen LogP contribution is 2.24. The van der Waals surface area contributed by atoms with Gasteiger partial charge >= 0.3 is 0 Å². The van der Waals surface area contributed by atoms with Gasteiger partial charge in [0.05, 0.1) is 0 Å². The van der Waals surface area contributed by atoms with Crippen LogP contribution in [0.5, 0.6) is 0 Å². The third kappa shape index (κ3) is 4.06. The molecule has 1 saturated heterocycles. The van der Waals surface area contributed by atoms with Crippen molar-refractivity contribution in [2.75, 3.05) is 31.5 Å². The van der Waals surface area contributed by atoms with Crippen molar-refractivity contribution >= 4 is 17.6 Å². The Morgan fingerprint density at radius 1 is 1.16 bits per heavy atom. The Labute approximate surface area is 146 Å². The van der Waals surface area contributed by atoms with Crippen LogP contribution in [0.25, 0.3) is 0 Å². The molecule has 132 valence electrons. The number of carbonyl (C=O) groups is 2. The van der Waals surface area contributed by atoms with Crippen molar-refractivity contribution < 1.29 is 14.1 Å². The molecule has 0 spiro atoms. The lowest BCUT2D eigenvalue weighted by atomic mass is 10.0. The topological polar surface area (TPSA) is 78.7 Å². The second-order valence-corrected chi connectivity index (χ2v) is 6.17. The molecule has 25 heavy (non-hydrogen) atoms. The third-order valence-corrected chi connectivity index (χ3v) is 4.37. The maximum absolute atomic E-state index is 12.9. The molecular weight excluding hydrogens is 320 g/mol. The van der Waals surface area contributed by atoms with E-state index in [0.29, 0.717) is 37.8 Å². The number of hydrogen-bond acceptors (Lipinski definition) is 5. The normalized spacial score (nSPS) is 16.5. The molecule has 2 amide bonds. The zero-order chi connectivity index (χ0) is 17.8. The van der Waals surface area contributed by atoms with Crippen LogP contribution >= 0.6 is 0 Å². The van der Waals surface area contributed by atoms with Gasteiger partial charge in [0, 0.05) is 39.2 Å². The van der Waals surface area contributed by atoms with E-state index in [1.807, 2.05) is 30.3 Å². The molecule has 1 atom stereocenters. The molecule has 1 N–H and O–H groups in total. The molecule has 7 heteroatoms. The molecule has 1 aromatic heterocycles. The largest absolute Gasteiger partial charge is 0.360 e. The summed E-state index contributed by atoms with van der Waals surface area (Å²) in [6.07, 6.45) is 0. The predicted molar refractivity (Wildman–Crippen MR) is 92.9 cm³/mol. The molecule has 1 fully saturated rings. The first-order chi connectivity index (χ1) is 12.0. The van der Waals surface area contributed by atoms with Crippen LogP contribution in [-0.4, -0.2) is 52.9 Å². The highest BCUT2D eigenvalue weighted by atomic mass is 16.5. The standard InChI is InChI=1S/C18H22N4O3/c1-13-12-16(20-25-13)19-18(24)17(15-6-4-3-5-7-15)22-10-8-21(9-11-22)14(2)23/h3-7,12,17H,8-11H2,1-2H3,(H,19,20,24)/t17-/m1/s1. The number of anilines is 1. The van der Waals surface area contributed by atoms with Gasteiger partial charge in [-0.1, -0.05) is 35.5 Å². The minimum Gasteiger partial charge on any atom is -0.360 e. The van der Waals surface area contributed by atoms with Crippen LogP contribution < -0.4 is 5.32 Å². The van der Waals surface area contributed by atoms with Crippen molar-refractivity contribution in [3.05, 3.63) is 47.7 Å². The summed E-state index contributed by atoms with van der Waals surface area (Å²) in [5.41, 5.74) is 0.913. The molecule has 3 rings (SSSR count). The monoisotopic (exact) mass is 342 g/mol. The van der Waals surface area contributed by atoms with Gasteiger partial charge in [0.1, 0.15) is 11.8 Å². The quantitative estimate of drug-likeness (QED) is 0.917. The van der Waals surface area contributed by atoms with E-state index < -0.39 is 6.04 Å². The average molecular weight is 342 g/mol. The van der Waals surface area contributed by atoms with Crippen molar-refractivity contribution in [2.45, 2.75) is 19.9 Å². The number of carbonyl (C=O) groups excluding carboxylic acids is 2. The summed E-state index contributed by atoms with van der Waals surface area (Å²) < 4.78 is 5.01. The summed E-state index contributed by atoms with van der Waals surface area (Å²) in [4.78, 5) is 28.4. The van der Waals surface area contributed by atoms with Gasteiger partial charge in [-0.05, 0) is 12.5 Å². The molecular formula is C18H22N4O3. The second-order valence-electron chi connectivity index (χ2n) is 6.17. The van der Waals surface area contributed by atoms with E-state index in [9.17, 15) is 9.59 Å². The van der Waals surface area contributed by atoms with Crippen LogP contribution in [0.1, 0.15) is 24.3 Å². The number of aromatic nitrogens is 1.